The first-order valence-electron chi connectivity index (χ1n) is 22.9. The fourth-order valence-electron chi connectivity index (χ4n) is 7.35. The SMILES string of the molecule is CCCCCCCCCCCCCCCCOC(=O)CC(CP(c1ccccc1)c1ccccc1)C(=O)OCCCCCCCCCCCCCCCC. The summed E-state index contributed by atoms with van der Waals surface area (Å²) in [4.78, 5) is 26.7. The second kappa shape index (κ2) is 35.2. The zero-order valence-corrected chi connectivity index (χ0v) is 36.0. The van der Waals surface area contributed by atoms with Crippen molar-refractivity contribution < 1.29 is 19.1 Å². The summed E-state index contributed by atoms with van der Waals surface area (Å²) in [6, 6.07) is 20.9. The molecule has 0 aliphatic rings. The van der Waals surface area contributed by atoms with Crippen LogP contribution in [0.1, 0.15) is 200 Å². The van der Waals surface area contributed by atoms with Crippen LogP contribution < -0.4 is 10.6 Å². The topological polar surface area (TPSA) is 52.6 Å². The Hall–Kier alpha value is -2.19. The minimum Gasteiger partial charge on any atom is -0.466 e. The van der Waals surface area contributed by atoms with E-state index in [2.05, 4.69) is 62.4 Å². The molecule has 2 aromatic carbocycles. The van der Waals surface area contributed by atoms with Crippen molar-refractivity contribution in [2.45, 2.75) is 200 Å². The van der Waals surface area contributed by atoms with Crippen LogP contribution in [0.2, 0.25) is 0 Å². The van der Waals surface area contributed by atoms with Crippen LogP contribution in [0.5, 0.6) is 0 Å². The first-order valence-corrected chi connectivity index (χ1v) is 24.4. The molecule has 0 radical (unpaired) electrons. The Morgan fingerprint density at radius 3 is 1.11 bits per heavy atom. The summed E-state index contributed by atoms with van der Waals surface area (Å²) in [6.07, 6.45) is 36.9. The third kappa shape index (κ3) is 25.8. The second-order valence-corrected chi connectivity index (χ2v) is 18.0. The van der Waals surface area contributed by atoms with Crippen molar-refractivity contribution in [2.24, 2.45) is 5.92 Å². The molecule has 2 rings (SSSR count). The predicted molar refractivity (Wildman–Crippen MR) is 235 cm³/mol. The lowest BCUT2D eigenvalue weighted by Crippen LogP contribution is -2.28. The lowest BCUT2D eigenvalue weighted by molar-refractivity contribution is -0.154. The molecule has 0 bridgehead atoms. The van der Waals surface area contributed by atoms with E-state index in [1.165, 1.54) is 165 Å². The third-order valence-corrected chi connectivity index (χ3v) is 13.4. The van der Waals surface area contributed by atoms with Crippen LogP contribution in [0.15, 0.2) is 60.7 Å². The van der Waals surface area contributed by atoms with Gasteiger partial charge in [-0.3, -0.25) is 9.59 Å². The lowest BCUT2D eigenvalue weighted by atomic mass is 10.0. The van der Waals surface area contributed by atoms with Gasteiger partial charge in [0.15, 0.2) is 0 Å². The number of benzene rings is 2. The second-order valence-electron chi connectivity index (χ2n) is 15.8. The van der Waals surface area contributed by atoms with Gasteiger partial charge in [-0.05, 0) is 37.5 Å². The smallest absolute Gasteiger partial charge is 0.309 e. The minimum atomic E-state index is -0.834. The van der Waals surface area contributed by atoms with Gasteiger partial charge in [0, 0.05) is 0 Å². The third-order valence-electron chi connectivity index (χ3n) is 10.8. The molecule has 0 fully saturated rings. The highest BCUT2D eigenvalue weighted by Crippen LogP contribution is 2.37. The highest BCUT2D eigenvalue weighted by Gasteiger charge is 2.29. The molecule has 1 atom stereocenters. The van der Waals surface area contributed by atoms with Gasteiger partial charge in [-0.1, -0.05) is 241 Å². The van der Waals surface area contributed by atoms with Crippen LogP contribution >= 0.6 is 7.92 Å². The van der Waals surface area contributed by atoms with Crippen LogP contribution in [0.4, 0.5) is 0 Å². The normalized spacial score (nSPS) is 11.9. The highest BCUT2D eigenvalue weighted by atomic mass is 31.1. The number of carbonyl (C=O) groups is 2. The van der Waals surface area contributed by atoms with Crippen molar-refractivity contribution in [2.75, 3.05) is 19.4 Å². The summed E-state index contributed by atoms with van der Waals surface area (Å²) >= 11 is 0. The van der Waals surface area contributed by atoms with Gasteiger partial charge in [0.1, 0.15) is 0 Å². The van der Waals surface area contributed by atoms with Crippen LogP contribution in [0, 0.1) is 5.92 Å². The number of ether oxygens (including phenoxy) is 2. The van der Waals surface area contributed by atoms with Gasteiger partial charge in [0.2, 0.25) is 0 Å². The fraction of sp³-hybridized carbons (Fsp3) is 0.714. The predicted octanol–water partition coefficient (Wildman–Crippen LogP) is 14.2. The highest BCUT2D eigenvalue weighted by molar-refractivity contribution is 7.73. The molecule has 0 spiro atoms. The van der Waals surface area contributed by atoms with Crippen molar-refractivity contribution in [3.8, 4) is 0 Å². The summed E-state index contributed by atoms with van der Waals surface area (Å²) in [5.41, 5.74) is 0. The average Bonchev–Trinajstić information content (AvgIpc) is 3.20. The molecule has 5 heteroatoms. The van der Waals surface area contributed by atoms with Gasteiger partial charge in [-0.15, -0.1) is 0 Å². The molecule has 1 unspecified atom stereocenters. The zero-order valence-electron chi connectivity index (χ0n) is 35.1. The Morgan fingerprint density at radius 2 is 0.759 bits per heavy atom. The molecule has 0 amide bonds. The van der Waals surface area contributed by atoms with E-state index in [9.17, 15) is 9.59 Å². The first-order chi connectivity index (χ1) is 26.7. The molecule has 2 aromatic rings. The van der Waals surface area contributed by atoms with E-state index in [0.717, 1.165) is 25.7 Å². The van der Waals surface area contributed by atoms with Crippen LogP contribution in [0.25, 0.3) is 0 Å². The van der Waals surface area contributed by atoms with E-state index >= 15 is 0 Å². The summed E-state index contributed by atoms with van der Waals surface area (Å²) in [7, 11) is -0.834. The zero-order chi connectivity index (χ0) is 38.6. The minimum absolute atomic E-state index is 0.0781. The average molecular weight is 765 g/mol. The van der Waals surface area contributed by atoms with E-state index in [1.807, 2.05) is 12.1 Å². The number of hydrogen-bond donors (Lipinski definition) is 0. The van der Waals surface area contributed by atoms with Crippen molar-refractivity contribution in [1.29, 1.82) is 0 Å². The Kier molecular flexibility index (Phi) is 31.3. The monoisotopic (exact) mass is 765 g/mol. The van der Waals surface area contributed by atoms with Crippen molar-refractivity contribution in [3.63, 3.8) is 0 Å². The summed E-state index contributed by atoms with van der Waals surface area (Å²) < 4.78 is 11.6. The standard InChI is InChI=1S/C49H81O4P/c1-3-5-7-9-11-13-15-17-19-21-23-25-27-35-41-52-48(50)43-45(44-54(46-37-31-29-32-38-46)47-39-33-30-34-40-47)49(51)53-42-36-28-26-24-22-20-18-16-14-12-10-8-6-4-2/h29-34,37-40,45H,3-28,35-36,41-44H2,1-2H3. The quantitative estimate of drug-likeness (QED) is 0.0391. The Bertz CT molecular complexity index is 1080. The molecule has 0 aliphatic heterocycles. The van der Waals surface area contributed by atoms with E-state index in [0.29, 0.717) is 19.4 Å². The van der Waals surface area contributed by atoms with Crippen LogP contribution in [-0.4, -0.2) is 31.3 Å². The Morgan fingerprint density at radius 1 is 0.444 bits per heavy atom. The van der Waals surface area contributed by atoms with Gasteiger partial charge in [-0.2, -0.15) is 0 Å². The number of esters is 2. The van der Waals surface area contributed by atoms with Crippen LogP contribution in [-0.2, 0) is 19.1 Å². The van der Waals surface area contributed by atoms with Gasteiger partial charge in [-0.25, -0.2) is 0 Å². The number of unbranched alkanes of at least 4 members (excludes halogenated alkanes) is 26. The molecule has 0 aromatic heterocycles. The summed E-state index contributed by atoms with van der Waals surface area (Å²) in [5, 5.41) is 2.42. The molecule has 54 heavy (non-hydrogen) atoms. The molecule has 0 N–H and O–H groups in total. The van der Waals surface area contributed by atoms with E-state index in [1.54, 1.807) is 0 Å². The largest absolute Gasteiger partial charge is 0.466 e. The molecular weight excluding hydrogens is 684 g/mol. The molecule has 306 valence electrons. The van der Waals surface area contributed by atoms with Crippen LogP contribution in [0.3, 0.4) is 0 Å². The Balaban J connectivity index is 1.72. The lowest BCUT2D eigenvalue weighted by Gasteiger charge is -2.24. The van der Waals surface area contributed by atoms with Crippen molar-refractivity contribution in [3.05, 3.63) is 60.7 Å². The van der Waals surface area contributed by atoms with Gasteiger partial charge in [0.05, 0.1) is 25.6 Å². The number of rotatable bonds is 37. The number of hydrogen-bond acceptors (Lipinski definition) is 4. The summed E-state index contributed by atoms with van der Waals surface area (Å²) in [6.45, 7) is 5.42. The molecule has 0 saturated carbocycles. The van der Waals surface area contributed by atoms with E-state index in [-0.39, 0.29) is 18.4 Å². The van der Waals surface area contributed by atoms with Gasteiger partial charge in [0.25, 0.3) is 0 Å². The maximum absolute atomic E-state index is 13.6. The fourth-order valence-corrected chi connectivity index (χ4v) is 9.85. The maximum Gasteiger partial charge on any atom is 0.309 e. The van der Waals surface area contributed by atoms with Gasteiger partial charge >= 0.3 is 11.9 Å². The summed E-state index contributed by atoms with van der Waals surface area (Å²) in [5.74, 6) is -1.05. The molecular formula is C49H81O4P. The first kappa shape index (κ1) is 48.0. The molecule has 0 heterocycles. The van der Waals surface area contributed by atoms with E-state index < -0.39 is 13.8 Å². The number of carbonyl (C=O) groups excluding carboxylic acids is 2. The maximum atomic E-state index is 13.6. The van der Waals surface area contributed by atoms with Crippen molar-refractivity contribution in [1.82, 2.24) is 0 Å². The molecule has 0 aliphatic carbocycles. The van der Waals surface area contributed by atoms with E-state index in [4.69, 9.17) is 9.47 Å². The Labute approximate surface area is 334 Å². The molecule has 0 saturated heterocycles. The van der Waals surface area contributed by atoms with Crippen molar-refractivity contribution >= 4 is 30.5 Å². The van der Waals surface area contributed by atoms with Gasteiger partial charge < -0.3 is 9.47 Å². The molecule has 4 nitrogen and oxygen atoms in total.